The van der Waals surface area contributed by atoms with Gasteiger partial charge in [-0.3, -0.25) is 9.59 Å². The van der Waals surface area contributed by atoms with Crippen LogP contribution in [-0.4, -0.2) is 44.4 Å². The molecule has 2 aromatic rings. The summed E-state index contributed by atoms with van der Waals surface area (Å²) >= 11 is 1.34. The van der Waals surface area contributed by atoms with E-state index in [0.29, 0.717) is 4.88 Å². The van der Waals surface area contributed by atoms with E-state index in [1.165, 1.54) is 16.2 Å². The molecule has 6 nitrogen and oxygen atoms in total. The first-order valence-corrected chi connectivity index (χ1v) is 8.53. The predicted molar refractivity (Wildman–Crippen MR) is 88.0 cm³/mol. The summed E-state index contributed by atoms with van der Waals surface area (Å²) in [4.78, 5) is 35.8. The fourth-order valence-electron chi connectivity index (χ4n) is 2.79. The topological polar surface area (TPSA) is 83.4 Å². The van der Waals surface area contributed by atoms with Crippen molar-refractivity contribution < 1.29 is 14.7 Å². The molecule has 3 rings (SSSR count). The van der Waals surface area contributed by atoms with Gasteiger partial charge in [0.2, 0.25) is 0 Å². The zero-order valence-electron chi connectivity index (χ0n) is 13.4. The number of aryl methyl sites for hydroxylation is 3. The van der Waals surface area contributed by atoms with Gasteiger partial charge in [-0.05, 0) is 32.3 Å². The molecule has 1 fully saturated rings. The van der Waals surface area contributed by atoms with E-state index in [2.05, 4.69) is 9.97 Å². The maximum Gasteiger partial charge on any atom is 0.323 e. The van der Waals surface area contributed by atoms with Gasteiger partial charge in [-0.2, -0.15) is 0 Å². The van der Waals surface area contributed by atoms with E-state index in [9.17, 15) is 9.59 Å². The molecule has 2 aromatic heterocycles. The molecule has 1 aliphatic rings. The van der Waals surface area contributed by atoms with Crippen molar-refractivity contribution in [3.63, 3.8) is 0 Å². The van der Waals surface area contributed by atoms with Crippen molar-refractivity contribution in [1.82, 2.24) is 14.9 Å². The van der Waals surface area contributed by atoms with Crippen molar-refractivity contribution in [1.29, 1.82) is 0 Å². The van der Waals surface area contributed by atoms with Crippen molar-refractivity contribution in [3.05, 3.63) is 22.0 Å². The Labute approximate surface area is 138 Å². The zero-order chi connectivity index (χ0) is 16.7. The molecule has 0 aliphatic heterocycles. The number of carboxylic acids is 1. The van der Waals surface area contributed by atoms with E-state index >= 15 is 0 Å². The van der Waals surface area contributed by atoms with Crippen LogP contribution in [0.5, 0.6) is 0 Å². The van der Waals surface area contributed by atoms with Crippen LogP contribution >= 0.6 is 11.3 Å². The summed E-state index contributed by atoms with van der Waals surface area (Å²) in [7, 11) is 0. The van der Waals surface area contributed by atoms with Crippen LogP contribution in [0.15, 0.2) is 0 Å². The van der Waals surface area contributed by atoms with Gasteiger partial charge in [0.1, 0.15) is 17.2 Å². The number of thiophene rings is 1. The first-order chi connectivity index (χ1) is 10.9. The monoisotopic (exact) mass is 333 g/mol. The van der Waals surface area contributed by atoms with Crippen LogP contribution < -0.4 is 0 Å². The van der Waals surface area contributed by atoms with E-state index < -0.39 is 5.97 Å². The molecular formula is C16H19N3O3S. The number of rotatable bonds is 5. The molecule has 23 heavy (non-hydrogen) atoms. The van der Waals surface area contributed by atoms with E-state index in [0.717, 1.165) is 46.6 Å². The van der Waals surface area contributed by atoms with Gasteiger partial charge < -0.3 is 10.0 Å². The first-order valence-electron chi connectivity index (χ1n) is 7.71. The Morgan fingerprint density at radius 2 is 2.00 bits per heavy atom. The number of fused-ring (bicyclic) bond motifs is 1. The molecular weight excluding hydrogens is 314 g/mol. The molecule has 1 aliphatic carbocycles. The number of aliphatic carboxylic acids is 1. The summed E-state index contributed by atoms with van der Waals surface area (Å²) in [5.74, 6) is -0.416. The average Bonchev–Trinajstić information content (AvgIpc) is 3.28. The van der Waals surface area contributed by atoms with Crippen LogP contribution in [0.3, 0.4) is 0 Å². The lowest BCUT2D eigenvalue weighted by Gasteiger charge is -2.19. The van der Waals surface area contributed by atoms with Crippen molar-refractivity contribution in [3.8, 4) is 0 Å². The highest BCUT2D eigenvalue weighted by atomic mass is 32.1. The van der Waals surface area contributed by atoms with Crippen LogP contribution in [0.4, 0.5) is 0 Å². The smallest absolute Gasteiger partial charge is 0.323 e. The summed E-state index contributed by atoms with van der Waals surface area (Å²) in [5, 5.41) is 9.98. The minimum atomic E-state index is -0.978. The van der Waals surface area contributed by atoms with E-state index in [4.69, 9.17) is 5.11 Å². The van der Waals surface area contributed by atoms with Crippen LogP contribution in [0.25, 0.3) is 10.2 Å². The number of carbonyl (C=O) groups excluding carboxylic acids is 1. The zero-order valence-corrected chi connectivity index (χ0v) is 14.2. The second kappa shape index (κ2) is 5.88. The summed E-state index contributed by atoms with van der Waals surface area (Å²) < 4.78 is 0. The second-order valence-corrected chi connectivity index (χ2v) is 6.87. The van der Waals surface area contributed by atoms with E-state index in [1.807, 2.05) is 20.8 Å². The Hall–Kier alpha value is -2.02. The molecule has 0 aromatic carbocycles. The minimum Gasteiger partial charge on any atom is -0.480 e. The third-order valence-electron chi connectivity index (χ3n) is 4.08. The van der Waals surface area contributed by atoms with Crippen LogP contribution in [0.2, 0.25) is 0 Å². The molecule has 0 bridgehead atoms. The second-order valence-electron chi connectivity index (χ2n) is 5.87. The quantitative estimate of drug-likeness (QED) is 0.909. The van der Waals surface area contributed by atoms with E-state index in [1.54, 1.807) is 0 Å². The van der Waals surface area contributed by atoms with Crippen LogP contribution in [0.1, 0.15) is 46.5 Å². The van der Waals surface area contributed by atoms with Crippen molar-refractivity contribution >= 4 is 33.4 Å². The lowest BCUT2D eigenvalue weighted by molar-refractivity contribution is -0.137. The predicted octanol–water partition coefficient (Wildman–Crippen LogP) is 2.56. The molecule has 0 atom stereocenters. The van der Waals surface area contributed by atoms with Crippen LogP contribution in [0, 0.1) is 13.8 Å². The Morgan fingerprint density at radius 3 is 2.57 bits per heavy atom. The standard InChI is InChI=1S/C16H19N3O3S/c1-4-11-17-9(3)13-8(2)14(23-15(13)18-11)16(22)19(7-12(20)21)10-5-6-10/h10H,4-7H2,1-3H3,(H,20,21). The van der Waals surface area contributed by atoms with Gasteiger partial charge in [-0.1, -0.05) is 6.92 Å². The molecule has 0 saturated heterocycles. The van der Waals surface area contributed by atoms with E-state index in [-0.39, 0.29) is 18.5 Å². The number of carboxylic acid groups (broad SMARTS) is 1. The average molecular weight is 333 g/mol. The number of carbonyl (C=O) groups is 2. The minimum absolute atomic E-state index is 0.0570. The summed E-state index contributed by atoms with van der Waals surface area (Å²) in [6, 6.07) is 0.0570. The van der Waals surface area contributed by atoms with Crippen molar-refractivity contribution in [2.45, 2.75) is 46.1 Å². The molecule has 0 radical (unpaired) electrons. The molecule has 7 heteroatoms. The Kier molecular flexibility index (Phi) is 4.06. The van der Waals surface area contributed by atoms with Crippen LogP contribution in [-0.2, 0) is 11.2 Å². The Bertz CT molecular complexity index is 795. The van der Waals surface area contributed by atoms with Crippen molar-refractivity contribution in [2.24, 2.45) is 0 Å². The summed E-state index contributed by atoms with van der Waals surface area (Å²) in [5.41, 5.74) is 1.72. The van der Waals surface area contributed by atoms with Gasteiger partial charge in [0.05, 0.1) is 4.88 Å². The molecule has 1 N–H and O–H groups in total. The van der Waals surface area contributed by atoms with Gasteiger partial charge >= 0.3 is 5.97 Å². The maximum absolute atomic E-state index is 12.8. The normalized spacial score (nSPS) is 14.2. The molecule has 122 valence electrons. The molecule has 1 saturated carbocycles. The van der Waals surface area contributed by atoms with Gasteiger partial charge in [0.25, 0.3) is 5.91 Å². The summed E-state index contributed by atoms with van der Waals surface area (Å²) in [6.45, 7) is 5.56. The largest absolute Gasteiger partial charge is 0.480 e. The highest BCUT2D eigenvalue weighted by Gasteiger charge is 2.36. The highest BCUT2D eigenvalue weighted by Crippen LogP contribution is 2.35. The number of aromatic nitrogens is 2. The highest BCUT2D eigenvalue weighted by molar-refractivity contribution is 7.20. The lowest BCUT2D eigenvalue weighted by Crippen LogP contribution is -2.37. The molecule has 0 spiro atoms. The number of nitrogens with zero attached hydrogens (tertiary/aromatic N) is 3. The molecule has 2 heterocycles. The van der Waals surface area contributed by atoms with Gasteiger partial charge in [-0.15, -0.1) is 11.3 Å². The van der Waals surface area contributed by atoms with Gasteiger partial charge in [0, 0.05) is 23.5 Å². The molecule has 1 amide bonds. The fraction of sp³-hybridized carbons (Fsp3) is 0.500. The third kappa shape index (κ3) is 2.93. The Morgan fingerprint density at radius 1 is 1.30 bits per heavy atom. The third-order valence-corrected chi connectivity index (χ3v) is 5.26. The number of hydrogen-bond donors (Lipinski definition) is 1. The van der Waals surface area contributed by atoms with Gasteiger partial charge in [-0.25, -0.2) is 9.97 Å². The fourth-order valence-corrected chi connectivity index (χ4v) is 3.99. The van der Waals surface area contributed by atoms with Gasteiger partial charge in [0.15, 0.2) is 0 Å². The van der Waals surface area contributed by atoms with Crippen molar-refractivity contribution in [2.75, 3.05) is 6.54 Å². The lowest BCUT2D eigenvalue weighted by atomic mass is 10.1. The maximum atomic E-state index is 12.8. The first kappa shape index (κ1) is 15.9. The number of amides is 1. The SMILES string of the molecule is CCc1nc(C)c2c(C)c(C(=O)N(CC(=O)O)C3CC3)sc2n1. The molecule has 0 unspecified atom stereocenters. The Balaban J connectivity index is 2.04. The number of hydrogen-bond acceptors (Lipinski definition) is 5. The summed E-state index contributed by atoms with van der Waals surface area (Å²) in [6.07, 6.45) is 2.49.